The standard InChI is InChI=1S/C16H18F2N4O/c1-10-19-16(21-20-10)14-7-2-3-8-22(14)15(23)9-11-12(17)5-4-6-13(11)18/h4-6,14H,2-3,7-9H2,1H3,(H,19,20,21)/t14-/m0/s1. The first kappa shape index (κ1) is 15.6. The first-order valence-electron chi connectivity index (χ1n) is 7.67. The van der Waals surface area contributed by atoms with Crippen molar-refractivity contribution in [3.8, 4) is 0 Å². The molecule has 1 fully saturated rings. The summed E-state index contributed by atoms with van der Waals surface area (Å²) < 4.78 is 27.5. The Hall–Kier alpha value is -2.31. The van der Waals surface area contributed by atoms with Crippen LogP contribution in [0, 0.1) is 18.6 Å². The van der Waals surface area contributed by atoms with Crippen molar-refractivity contribution in [2.24, 2.45) is 0 Å². The van der Waals surface area contributed by atoms with Crippen molar-refractivity contribution in [2.45, 2.75) is 38.6 Å². The van der Waals surface area contributed by atoms with Gasteiger partial charge in [0.2, 0.25) is 5.91 Å². The van der Waals surface area contributed by atoms with E-state index in [0.717, 1.165) is 31.4 Å². The number of rotatable bonds is 3. The van der Waals surface area contributed by atoms with Crippen LogP contribution in [-0.4, -0.2) is 32.5 Å². The number of nitrogens with one attached hydrogen (secondary N) is 1. The Labute approximate surface area is 132 Å². The highest BCUT2D eigenvalue weighted by Crippen LogP contribution is 2.29. The Balaban J connectivity index is 1.82. The smallest absolute Gasteiger partial charge is 0.227 e. The molecule has 0 radical (unpaired) electrons. The van der Waals surface area contributed by atoms with Crippen LogP contribution >= 0.6 is 0 Å². The van der Waals surface area contributed by atoms with Gasteiger partial charge in [0.05, 0.1) is 12.5 Å². The molecule has 7 heteroatoms. The quantitative estimate of drug-likeness (QED) is 0.946. The molecule has 0 unspecified atom stereocenters. The van der Waals surface area contributed by atoms with Crippen LogP contribution in [0.3, 0.4) is 0 Å². The normalized spacial score (nSPS) is 18.2. The number of H-pyrrole nitrogens is 1. The van der Waals surface area contributed by atoms with Crippen LogP contribution < -0.4 is 0 Å². The van der Waals surface area contributed by atoms with E-state index in [0.29, 0.717) is 18.2 Å². The zero-order valence-corrected chi connectivity index (χ0v) is 12.9. The second-order valence-corrected chi connectivity index (χ2v) is 5.75. The van der Waals surface area contributed by atoms with E-state index in [1.165, 1.54) is 6.07 Å². The van der Waals surface area contributed by atoms with Gasteiger partial charge in [-0.15, -0.1) is 0 Å². The molecule has 1 atom stereocenters. The fraction of sp³-hybridized carbons (Fsp3) is 0.438. The van der Waals surface area contributed by atoms with Crippen LogP contribution in [0.25, 0.3) is 0 Å². The van der Waals surface area contributed by atoms with Crippen molar-refractivity contribution in [3.05, 3.63) is 47.0 Å². The Kier molecular flexibility index (Phi) is 4.36. The number of halogens is 2. The molecule has 1 amide bonds. The van der Waals surface area contributed by atoms with E-state index in [-0.39, 0.29) is 23.9 Å². The molecule has 0 saturated carbocycles. The summed E-state index contributed by atoms with van der Waals surface area (Å²) in [7, 11) is 0. The van der Waals surface area contributed by atoms with Gasteiger partial charge >= 0.3 is 0 Å². The Morgan fingerprint density at radius 3 is 2.74 bits per heavy atom. The molecule has 122 valence electrons. The van der Waals surface area contributed by atoms with E-state index in [1.807, 2.05) is 0 Å². The van der Waals surface area contributed by atoms with Crippen molar-refractivity contribution in [2.75, 3.05) is 6.54 Å². The van der Waals surface area contributed by atoms with Crippen molar-refractivity contribution in [1.82, 2.24) is 20.1 Å². The van der Waals surface area contributed by atoms with E-state index in [2.05, 4.69) is 15.2 Å². The summed E-state index contributed by atoms with van der Waals surface area (Å²) in [4.78, 5) is 18.5. The fourth-order valence-electron chi connectivity index (χ4n) is 2.96. The van der Waals surface area contributed by atoms with Gasteiger partial charge in [0, 0.05) is 12.1 Å². The molecule has 2 aromatic rings. The monoisotopic (exact) mass is 320 g/mol. The Morgan fingerprint density at radius 1 is 1.35 bits per heavy atom. The lowest BCUT2D eigenvalue weighted by Crippen LogP contribution is -2.40. The summed E-state index contributed by atoms with van der Waals surface area (Å²) >= 11 is 0. The van der Waals surface area contributed by atoms with Crippen LogP contribution in [0.2, 0.25) is 0 Å². The third-order valence-electron chi connectivity index (χ3n) is 4.13. The molecule has 5 nitrogen and oxygen atoms in total. The number of piperidine rings is 1. The molecule has 3 rings (SSSR count). The SMILES string of the molecule is Cc1nc([C@@H]2CCCCN2C(=O)Cc2c(F)cccc2F)n[nH]1. The molecule has 0 aliphatic carbocycles. The number of benzene rings is 1. The third kappa shape index (κ3) is 3.23. The van der Waals surface area contributed by atoms with Crippen LogP contribution in [0.1, 0.15) is 42.5 Å². The maximum absolute atomic E-state index is 13.8. The molecule has 1 aliphatic heterocycles. The summed E-state index contributed by atoms with van der Waals surface area (Å²) in [5.41, 5.74) is -0.187. The zero-order valence-electron chi connectivity index (χ0n) is 12.9. The minimum absolute atomic E-state index is 0.187. The Morgan fingerprint density at radius 2 is 2.09 bits per heavy atom. The van der Waals surface area contributed by atoms with Gasteiger partial charge in [-0.2, -0.15) is 5.10 Å². The molecular formula is C16H18F2N4O. The molecule has 1 aromatic heterocycles. The first-order valence-corrected chi connectivity index (χ1v) is 7.67. The van der Waals surface area contributed by atoms with Crippen LogP contribution in [0.4, 0.5) is 8.78 Å². The molecule has 1 saturated heterocycles. The van der Waals surface area contributed by atoms with Crippen molar-refractivity contribution < 1.29 is 13.6 Å². The minimum atomic E-state index is -0.694. The van der Waals surface area contributed by atoms with Gasteiger partial charge in [0.1, 0.15) is 17.5 Å². The molecule has 23 heavy (non-hydrogen) atoms. The third-order valence-corrected chi connectivity index (χ3v) is 4.13. The van der Waals surface area contributed by atoms with Crippen LogP contribution in [0.15, 0.2) is 18.2 Å². The van der Waals surface area contributed by atoms with Crippen molar-refractivity contribution in [3.63, 3.8) is 0 Å². The van der Waals surface area contributed by atoms with Crippen molar-refractivity contribution >= 4 is 5.91 Å². The molecule has 0 spiro atoms. The number of aromatic nitrogens is 3. The van der Waals surface area contributed by atoms with Gasteiger partial charge in [-0.3, -0.25) is 9.89 Å². The average molecular weight is 320 g/mol. The van der Waals surface area contributed by atoms with Gasteiger partial charge in [-0.1, -0.05) is 6.07 Å². The predicted molar refractivity (Wildman–Crippen MR) is 79.5 cm³/mol. The zero-order chi connectivity index (χ0) is 16.4. The minimum Gasteiger partial charge on any atom is -0.332 e. The number of carbonyl (C=O) groups excluding carboxylic acids is 1. The lowest BCUT2D eigenvalue weighted by atomic mass is 10.00. The molecule has 0 bridgehead atoms. The highest BCUT2D eigenvalue weighted by molar-refractivity contribution is 5.79. The number of likely N-dealkylation sites (tertiary alicyclic amines) is 1. The summed E-state index contributed by atoms with van der Waals surface area (Å²) in [5.74, 6) is -0.454. The van der Waals surface area contributed by atoms with E-state index in [1.54, 1.807) is 11.8 Å². The number of hydrogen-bond donors (Lipinski definition) is 1. The summed E-state index contributed by atoms with van der Waals surface area (Å²) in [6, 6.07) is 3.38. The fourth-order valence-corrected chi connectivity index (χ4v) is 2.96. The number of aromatic amines is 1. The summed E-state index contributed by atoms with van der Waals surface area (Å²) in [5, 5.41) is 6.91. The van der Waals surface area contributed by atoms with Gasteiger partial charge in [0.25, 0.3) is 0 Å². The first-order chi connectivity index (χ1) is 11.1. The second kappa shape index (κ2) is 6.44. The molecular weight excluding hydrogens is 302 g/mol. The molecule has 1 aromatic carbocycles. The lowest BCUT2D eigenvalue weighted by molar-refractivity contribution is -0.134. The molecule has 1 aliphatic rings. The number of nitrogens with zero attached hydrogens (tertiary/aromatic N) is 3. The summed E-state index contributed by atoms with van der Waals surface area (Å²) in [6.45, 7) is 2.34. The van der Waals surface area contributed by atoms with Crippen LogP contribution in [0.5, 0.6) is 0 Å². The van der Waals surface area contributed by atoms with Gasteiger partial charge in [-0.25, -0.2) is 13.8 Å². The van der Waals surface area contributed by atoms with E-state index in [4.69, 9.17) is 0 Å². The topological polar surface area (TPSA) is 61.9 Å². The molecule has 2 heterocycles. The van der Waals surface area contributed by atoms with Crippen LogP contribution in [-0.2, 0) is 11.2 Å². The highest BCUT2D eigenvalue weighted by Gasteiger charge is 2.31. The number of carbonyl (C=O) groups is 1. The van der Waals surface area contributed by atoms with E-state index >= 15 is 0 Å². The number of amides is 1. The average Bonchev–Trinajstić information content (AvgIpc) is 2.97. The highest BCUT2D eigenvalue weighted by atomic mass is 19.1. The van der Waals surface area contributed by atoms with E-state index in [9.17, 15) is 13.6 Å². The van der Waals surface area contributed by atoms with Gasteiger partial charge in [0.15, 0.2) is 5.82 Å². The van der Waals surface area contributed by atoms with Crippen molar-refractivity contribution in [1.29, 1.82) is 0 Å². The second-order valence-electron chi connectivity index (χ2n) is 5.75. The maximum Gasteiger partial charge on any atom is 0.227 e. The lowest BCUT2D eigenvalue weighted by Gasteiger charge is -2.34. The summed E-state index contributed by atoms with van der Waals surface area (Å²) in [6.07, 6.45) is 2.29. The van der Waals surface area contributed by atoms with Gasteiger partial charge < -0.3 is 4.90 Å². The number of aryl methyl sites for hydroxylation is 1. The maximum atomic E-state index is 13.8. The predicted octanol–water partition coefficient (Wildman–Crippen LogP) is 2.69. The molecule has 1 N–H and O–H groups in total. The van der Waals surface area contributed by atoms with Gasteiger partial charge in [-0.05, 0) is 38.3 Å². The Bertz CT molecular complexity index is 696. The largest absolute Gasteiger partial charge is 0.332 e. The number of hydrogen-bond acceptors (Lipinski definition) is 3. The van der Waals surface area contributed by atoms with E-state index < -0.39 is 11.6 Å².